The molecule has 0 radical (unpaired) electrons. The highest BCUT2D eigenvalue weighted by molar-refractivity contribution is 5.49. The lowest BCUT2D eigenvalue weighted by atomic mass is 10.0. The monoisotopic (exact) mass is 279 g/mol. The molecule has 112 valence electrons. The molecule has 0 aliphatic carbocycles. The zero-order chi connectivity index (χ0) is 14.7. The van der Waals surface area contributed by atoms with Crippen molar-refractivity contribution in [3.63, 3.8) is 0 Å². The first-order chi connectivity index (χ1) is 9.47. The maximum Gasteiger partial charge on any atom is 0.146 e. The van der Waals surface area contributed by atoms with Crippen molar-refractivity contribution in [3.8, 4) is 0 Å². The van der Waals surface area contributed by atoms with Crippen molar-refractivity contribution < 1.29 is 4.39 Å². The molecule has 1 aliphatic heterocycles. The van der Waals surface area contributed by atoms with Gasteiger partial charge in [-0.15, -0.1) is 0 Å². The Morgan fingerprint density at radius 2 is 2.25 bits per heavy atom. The average molecular weight is 279 g/mol. The summed E-state index contributed by atoms with van der Waals surface area (Å²) in [6.07, 6.45) is 3.02. The number of hydrogen-bond acceptors (Lipinski definition) is 3. The minimum Gasteiger partial charge on any atom is -0.368 e. The van der Waals surface area contributed by atoms with E-state index < -0.39 is 0 Å². The fourth-order valence-corrected chi connectivity index (χ4v) is 2.99. The number of likely N-dealkylation sites (N-methyl/N-ethyl adjacent to an activating group) is 2. The molecule has 0 aromatic heterocycles. The van der Waals surface area contributed by atoms with Crippen molar-refractivity contribution in [2.45, 2.75) is 38.3 Å². The van der Waals surface area contributed by atoms with E-state index in [0.717, 1.165) is 25.1 Å². The average Bonchev–Trinajstić information content (AvgIpc) is 2.37. The van der Waals surface area contributed by atoms with E-state index in [1.54, 1.807) is 6.07 Å². The molecule has 1 fully saturated rings. The summed E-state index contributed by atoms with van der Waals surface area (Å²) in [5.74, 6) is -0.140. The zero-order valence-corrected chi connectivity index (χ0v) is 12.8. The standard InChI is InChI=1S/C16H26FN3/c1-12(18)9-13-6-7-16(15(17)10-13)20(3)14-5-4-8-19(2)11-14/h6-7,10,12,14H,4-5,8-9,11,18H2,1-3H3. The predicted molar refractivity (Wildman–Crippen MR) is 82.7 cm³/mol. The Morgan fingerprint density at radius 1 is 1.50 bits per heavy atom. The normalized spacial score (nSPS) is 21.8. The first-order valence-corrected chi connectivity index (χ1v) is 7.42. The summed E-state index contributed by atoms with van der Waals surface area (Å²) in [5, 5.41) is 0. The van der Waals surface area contributed by atoms with Crippen LogP contribution in [0, 0.1) is 5.82 Å². The summed E-state index contributed by atoms with van der Waals surface area (Å²) in [4.78, 5) is 4.40. The van der Waals surface area contributed by atoms with Crippen molar-refractivity contribution in [1.82, 2.24) is 4.90 Å². The van der Waals surface area contributed by atoms with Crippen LogP contribution in [0.4, 0.5) is 10.1 Å². The van der Waals surface area contributed by atoms with Gasteiger partial charge in [0.05, 0.1) is 5.69 Å². The van der Waals surface area contributed by atoms with Gasteiger partial charge in [-0.1, -0.05) is 6.07 Å². The van der Waals surface area contributed by atoms with Crippen molar-refractivity contribution in [2.24, 2.45) is 5.73 Å². The van der Waals surface area contributed by atoms with Crippen molar-refractivity contribution >= 4 is 5.69 Å². The molecular weight excluding hydrogens is 253 g/mol. The van der Waals surface area contributed by atoms with Crippen LogP contribution in [-0.4, -0.2) is 44.2 Å². The molecule has 0 spiro atoms. The second-order valence-corrected chi connectivity index (χ2v) is 6.14. The Kier molecular flexibility index (Phi) is 5.00. The van der Waals surface area contributed by atoms with Gasteiger partial charge >= 0.3 is 0 Å². The molecule has 20 heavy (non-hydrogen) atoms. The zero-order valence-electron chi connectivity index (χ0n) is 12.8. The third-order valence-electron chi connectivity index (χ3n) is 4.10. The lowest BCUT2D eigenvalue weighted by Gasteiger charge is -2.37. The highest BCUT2D eigenvalue weighted by Crippen LogP contribution is 2.25. The van der Waals surface area contributed by atoms with Crippen LogP contribution in [0.1, 0.15) is 25.3 Å². The van der Waals surface area contributed by atoms with E-state index in [2.05, 4.69) is 16.8 Å². The van der Waals surface area contributed by atoms with Gasteiger partial charge in [0, 0.05) is 25.7 Å². The van der Waals surface area contributed by atoms with Crippen LogP contribution < -0.4 is 10.6 Å². The molecule has 2 unspecified atom stereocenters. The number of halogens is 1. The Hall–Kier alpha value is -1.13. The number of rotatable bonds is 4. The first kappa shape index (κ1) is 15.3. The van der Waals surface area contributed by atoms with Gasteiger partial charge in [0.25, 0.3) is 0 Å². The topological polar surface area (TPSA) is 32.5 Å². The molecule has 2 N–H and O–H groups in total. The van der Waals surface area contributed by atoms with E-state index in [-0.39, 0.29) is 11.9 Å². The van der Waals surface area contributed by atoms with Gasteiger partial charge in [0.2, 0.25) is 0 Å². The highest BCUT2D eigenvalue weighted by atomic mass is 19.1. The minimum absolute atomic E-state index is 0.0602. The van der Waals surface area contributed by atoms with E-state index in [4.69, 9.17) is 5.73 Å². The number of benzene rings is 1. The maximum atomic E-state index is 14.3. The summed E-state index contributed by atoms with van der Waals surface area (Å²) >= 11 is 0. The minimum atomic E-state index is -0.140. The van der Waals surface area contributed by atoms with Gasteiger partial charge in [-0.05, 0) is 57.5 Å². The van der Waals surface area contributed by atoms with Gasteiger partial charge in [-0.2, -0.15) is 0 Å². The Morgan fingerprint density at radius 3 is 2.85 bits per heavy atom. The van der Waals surface area contributed by atoms with Gasteiger partial charge < -0.3 is 15.5 Å². The van der Waals surface area contributed by atoms with Crippen LogP contribution in [-0.2, 0) is 6.42 Å². The largest absolute Gasteiger partial charge is 0.368 e. The van der Waals surface area contributed by atoms with Crippen LogP contribution in [0.25, 0.3) is 0 Å². The second kappa shape index (κ2) is 6.55. The number of anilines is 1. The first-order valence-electron chi connectivity index (χ1n) is 7.42. The van der Waals surface area contributed by atoms with E-state index in [9.17, 15) is 4.39 Å². The highest BCUT2D eigenvalue weighted by Gasteiger charge is 2.23. The van der Waals surface area contributed by atoms with Crippen molar-refractivity contribution in [1.29, 1.82) is 0 Å². The molecule has 2 atom stereocenters. The number of likely N-dealkylation sites (tertiary alicyclic amines) is 1. The van der Waals surface area contributed by atoms with E-state index in [0.29, 0.717) is 18.2 Å². The third-order valence-corrected chi connectivity index (χ3v) is 4.10. The van der Waals surface area contributed by atoms with Crippen LogP contribution in [0.5, 0.6) is 0 Å². The third kappa shape index (κ3) is 3.70. The van der Waals surface area contributed by atoms with E-state index >= 15 is 0 Å². The van der Waals surface area contributed by atoms with Crippen LogP contribution >= 0.6 is 0 Å². The number of nitrogens with two attached hydrogens (primary N) is 1. The van der Waals surface area contributed by atoms with Gasteiger partial charge in [0.15, 0.2) is 0 Å². The molecule has 4 heteroatoms. The molecule has 1 aromatic rings. The molecular formula is C16H26FN3. The molecule has 0 amide bonds. The van der Waals surface area contributed by atoms with Gasteiger partial charge in [-0.25, -0.2) is 4.39 Å². The number of piperidine rings is 1. The molecule has 1 aromatic carbocycles. The Labute approximate surface area is 121 Å². The summed E-state index contributed by atoms with van der Waals surface area (Å²) < 4.78 is 14.3. The summed E-state index contributed by atoms with van der Waals surface area (Å²) in [6.45, 7) is 4.08. The number of nitrogens with zero attached hydrogens (tertiary/aromatic N) is 2. The van der Waals surface area contributed by atoms with Gasteiger partial charge in [0.1, 0.15) is 5.82 Å². The van der Waals surface area contributed by atoms with Crippen LogP contribution in [0.2, 0.25) is 0 Å². The fraction of sp³-hybridized carbons (Fsp3) is 0.625. The molecule has 2 rings (SSSR count). The second-order valence-electron chi connectivity index (χ2n) is 6.14. The molecule has 1 heterocycles. The number of hydrogen-bond donors (Lipinski definition) is 1. The SMILES string of the molecule is CC(N)Cc1ccc(N(C)C2CCCN(C)C2)c(F)c1. The van der Waals surface area contributed by atoms with E-state index in [1.165, 1.54) is 6.42 Å². The van der Waals surface area contributed by atoms with Crippen molar-refractivity contribution in [2.75, 3.05) is 32.1 Å². The summed E-state index contributed by atoms with van der Waals surface area (Å²) in [7, 11) is 4.12. The van der Waals surface area contributed by atoms with Gasteiger partial charge in [-0.3, -0.25) is 0 Å². The lowest BCUT2D eigenvalue weighted by molar-refractivity contribution is 0.247. The molecule has 1 saturated heterocycles. The predicted octanol–water partition coefficient (Wildman–Crippen LogP) is 2.25. The maximum absolute atomic E-state index is 14.3. The quantitative estimate of drug-likeness (QED) is 0.917. The molecule has 0 bridgehead atoms. The summed E-state index contributed by atoms with van der Waals surface area (Å²) in [5.41, 5.74) is 7.43. The smallest absolute Gasteiger partial charge is 0.146 e. The van der Waals surface area contributed by atoms with E-state index in [1.807, 2.05) is 26.1 Å². The Balaban J connectivity index is 2.11. The van der Waals surface area contributed by atoms with Crippen LogP contribution in [0.15, 0.2) is 18.2 Å². The summed E-state index contributed by atoms with van der Waals surface area (Å²) in [6, 6.07) is 5.96. The molecule has 1 aliphatic rings. The molecule has 3 nitrogen and oxygen atoms in total. The van der Waals surface area contributed by atoms with Crippen molar-refractivity contribution in [3.05, 3.63) is 29.6 Å². The lowest BCUT2D eigenvalue weighted by Crippen LogP contribution is -2.45. The fourth-order valence-electron chi connectivity index (χ4n) is 2.99. The van der Waals surface area contributed by atoms with Crippen LogP contribution in [0.3, 0.4) is 0 Å². The Bertz CT molecular complexity index is 447. The molecule has 0 saturated carbocycles.